The van der Waals surface area contributed by atoms with Crippen LogP contribution in [0.2, 0.25) is 0 Å². The van der Waals surface area contributed by atoms with Crippen LogP contribution in [0, 0.1) is 5.82 Å². The van der Waals surface area contributed by atoms with Gasteiger partial charge in [-0.15, -0.1) is 0 Å². The third-order valence-electron chi connectivity index (χ3n) is 4.13. The van der Waals surface area contributed by atoms with Gasteiger partial charge in [0.05, 0.1) is 12.1 Å². The number of nitrogens with one attached hydrogen (secondary N) is 2. The van der Waals surface area contributed by atoms with Crippen molar-refractivity contribution in [2.45, 2.75) is 31.6 Å². The van der Waals surface area contributed by atoms with Crippen molar-refractivity contribution in [1.82, 2.24) is 15.5 Å². The molecule has 1 saturated heterocycles. The lowest BCUT2D eigenvalue weighted by atomic mass is 10.1. The molecule has 1 aliphatic heterocycles. The summed E-state index contributed by atoms with van der Waals surface area (Å²) < 4.78 is 51.8. The molecule has 1 aromatic rings. The van der Waals surface area contributed by atoms with Crippen LogP contribution in [0.15, 0.2) is 18.2 Å². The van der Waals surface area contributed by atoms with Gasteiger partial charge in [0, 0.05) is 19.1 Å². The Kier molecular flexibility index (Phi) is 6.17. The van der Waals surface area contributed by atoms with Crippen molar-refractivity contribution >= 4 is 5.91 Å². The highest BCUT2D eigenvalue weighted by Crippen LogP contribution is 2.32. The number of hydrogen-bond acceptors (Lipinski definition) is 3. The van der Waals surface area contributed by atoms with Gasteiger partial charge in [0.25, 0.3) is 0 Å². The minimum atomic E-state index is -4.66. The monoisotopic (exact) mass is 347 g/mol. The van der Waals surface area contributed by atoms with Crippen molar-refractivity contribution in [2.75, 3.05) is 26.7 Å². The molecule has 134 valence electrons. The molecule has 0 saturated carbocycles. The summed E-state index contributed by atoms with van der Waals surface area (Å²) in [7, 11) is 1.86. The fourth-order valence-corrected chi connectivity index (χ4v) is 2.85. The molecule has 8 heteroatoms. The van der Waals surface area contributed by atoms with E-state index in [1.165, 1.54) is 0 Å². The lowest BCUT2D eigenvalue weighted by molar-refractivity contribution is -0.138. The van der Waals surface area contributed by atoms with E-state index in [2.05, 4.69) is 10.6 Å². The highest BCUT2D eigenvalue weighted by molar-refractivity contribution is 5.78. The maximum atomic E-state index is 13.1. The zero-order valence-corrected chi connectivity index (χ0v) is 13.4. The first-order valence-corrected chi connectivity index (χ1v) is 7.81. The molecule has 1 heterocycles. The molecule has 1 atom stereocenters. The van der Waals surface area contributed by atoms with Gasteiger partial charge in [0.15, 0.2) is 0 Å². The van der Waals surface area contributed by atoms with E-state index in [1.807, 2.05) is 11.9 Å². The number of benzene rings is 1. The summed E-state index contributed by atoms with van der Waals surface area (Å²) in [5.74, 6) is -1.30. The molecule has 0 spiro atoms. The molecule has 4 nitrogen and oxygen atoms in total. The van der Waals surface area contributed by atoms with Crippen molar-refractivity contribution < 1.29 is 22.4 Å². The topological polar surface area (TPSA) is 44.4 Å². The first-order chi connectivity index (χ1) is 11.3. The molecule has 0 aromatic heterocycles. The number of piperidine rings is 1. The second-order valence-electron chi connectivity index (χ2n) is 5.94. The Morgan fingerprint density at radius 2 is 2.12 bits per heavy atom. The van der Waals surface area contributed by atoms with Crippen LogP contribution in [0.4, 0.5) is 17.6 Å². The average molecular weight is 347 g/mol. The molecule has 2 N–H and O–H groups in total. The third-order valence-corrected chi connectivity index (χ3v) is 4.13. The minimum absolute atomic E-state index is 0.140. The first-order valence-electron chi connectivity index (χ1n) is 7.81. The second-order valence-corrected chi connectivity index (χ2v) is 5.94. The number of likely N-dealkylation sites (N-methyl/N-ethyl adjacent to an activating group) is 1. The predicted molar refractivity (Wildman–Crippen MR) is 81.8 cm³/mol. The predicted octanol–water partition coefficient (Wildman–Crippen LogP) is 2.14. The number of likely N-dealkylation sites (tertiary alicyclic amines) is 1. The van der Waals surface area contributed by atoms with Crippen LogP contribution < -0.4 is 10.6 Å². The fraction of sp³-hybridized carbons (Fsp3) is 0.562. The fourth-order valence-electron chi connectivity index (χ4n) is 2.85. The quantitative estimate of drug-likeness (QED) is 0.803. The summed E-state index contributed by atoms with van der Waals surface area (Å²) in [6.45, 7) is 1.38. The first kappa shape index (κ1) is 18.7. The van der Waals surface area contributed by atoms with E-state index in [0.29, 0.717) is 12.1 Å². The highest BCUT2D eigenvalue weighted by atomic mass is 19.4. The maximum absolute atomic E-state index is 13.1. The Hall–Kier alpha value is -1.67. The van der Waals surface area contributed by atoms with Gasteiger partial charge in [0.1, 0.15) is 5.82 Å². The van der Waals surface area contributed by atoms with Gasteiger partial charge in [-0.2, -0.15) is 13.2 Å². The van der Waals surface area contributed by atoms with Crippen LogP contribution in [-0.4, -0.2) is 43.5 Å². The standard InChI is InChI=1S/C16H21F4N3O/c1-21-13-3-2-6-23(9-13)10-15(24)22-8-11-4-5-12(17)7-14(11)16(18,19)20/h4-5,7,13,21H,2-3,6,8-10H2,1H3,(H,22,24). The zero-order chi connectivity index (χ0) is 17.7. The van der Waals surface area contributed by atoms with Crippen molar-refractivity contribution in [3.05, 3.63) is 35.1 Å². The number of rotatable bonds is 5. The van der Waals surface area contributed by atoms with Gasteiger partial charge in [0.2, 0.25) is 5.91 Å². The summed E-state index contributed by atoms with van der Waals surface area (Å²) in [5, 5.41) is 5.65. The molecule has 0 radical (unpaired) electrons. The van der Waals surface area contributed by atoms with Crippen molar-refractivity contribution in [2.24, 2.45) is 0 Å². The largest absolute Gasteiger partial charge is 0.416 e. The molecule has 1 fully saturated rings. The van der Waals surface area contributed by atoms with Gasteiger partial charge in [-0.1, -0.05) is 6.07 Å². The van der Waals surface area contributed by atoms with Gasteiger partial charge in [-0.3, -0.25) is 9.69 Å². The van der Waals surface area contributed by atoms with Crippen LogP contribution >= 0.6 is 0 Å². The number of halogens is 4. The van der Waals surface area contributed by atoms with E-state index >= 15 is 0 Å². The highest BCUT2D eigenvalue weighted by Gasteiger charge is 2.33. The number of carbonyl (C=O) groups is 1. The van der Waals surface area contributed by atoms with E-state index in [-0.39, 0.29) is 24.6 Å². The number of alkyl halides is 3. The normalized spacial score (nSPS) is 19.3. The van der Waals surface area contributed by atoms with Crippen LogP contribution in [0.25, 0.3) is 0 Å². The molecule has 1 aromatic carbocycles. The van der Waals surface area contributed by atoms with Crippen LogP contribution in [-0.2, 0) is 17.5 Å². The summed E-state index contributed by atoms with van der Waals surface area (Å²) in [5.41, 5.74) is -1.21. The summed E-state index contributed by atoms with van der Waals surface area (Å²) in [6, 6.07) is 2.78. The molecular formula is C16H21F4N3O. The van der Waals surface area contributed by atoms with Crippen LogP contribution in [0.3, 0.4) is 0 Å². The maximum Gasteiger partial charge on any atom is 0.416 e. The van der Waals surface area contributed by atoms with Gasteiger partial charge < -0.3 is 10.6 Å². The lowest BCUT2D eigenvalue weighted by Crippen LogP contribution is -2.47. The average Bonchev–Trinajstić information content (AvgIpc) is 2.53. The van der Waals surface area contributed by atoms with E-state index in [9.17, 15) is 22.4 Å². The Bertz CT molecular complexity index is 577. The molecule has 1 aliphatic rings. The van der Waals surface area contributed by atoms with E-state index in [4.69, 9.17) is 0 Å². The van der Waals surface area contributed by atoms with Gasteiger partial charge in [-0.05, 0) is 44.1 Å². The second kappa shape index (κ2) is 7.94. The molecule has 0 bridgehead atoms. The lowest BCUT2D eigenvalue weighted by Gasteiger charge is -2.31. The minimum Gasteiger partial charge on any atom is -0.351 e. The smallest absolute Gasteiger partial charge is 0.351 e. The van der Waals surface area contributed by atoms with E-state index in [1.54, 1.807) is 0 Å². The molecule has 1 amide bonds. The van der Waals surface area contributed by atoms with Crippen LogP contribution in [0.5, 0.6) is 0 Å². The van der Waals surface area contributed by atoms with Crippen molar-refractivity contribution in [1.29, 1.82) is 0 Å². The number of nitrogens with zero attached hydrogens (tertiary/aromatic N) is 1. The molecule has 2 rings (SSSR count). The molecule has 1 unspecified atom stereocenters. The molecule has 0 aliphatic carbocycles. The van der Waals surface area contributed by atoms with Gasteiger partial charge >= 0.3 is 6.18 Å². The summed E-state index contributed by atoms with van der Waals surface area (Å²) in [6.07, 6.45) is -2.65. The molecular weight excluding hydrogens is 326 g/mol. The number of amides is 1. The SMILES string of the molecule is CNC1CCCN(CC(=O)NCc2ccc(F)cc2C(F)(F)F)C1. The Labute approximate surface area is 138 Å². The Morgan fingerprint density at radius 1 is 1.38 bits per heavy atom. The van der Waals surface area contributed by atoms with Gasteiger partial charge in [-0.25, -0.2) is 4.39 Å². The zero-order valence-electron chi connectivity index (χ0n) is 13.4. The summed E-state index contributed by atoms with van der Waals surface area (Å²) in [4.78, 5) is 13.9. The Morgan fingerprint density at radius 3 is 2.79 bits per heavy atom. The third kappa shape index (κ3) is 5.17. The Balaban J connectivity index is 1.92. The number of hydrogen-bond donors (Lipinski definition) is 2. The van der Waals surface area contributed by atoms with Crippen molar-refractivity contribution in [3.63, 3.8) is 0 Å². The van der Waals surface area contributed by atoms with E-state index in [0.717, 1.165) is 38.1 Å². The molecule has 24 heavy (non-hydrogen) atoms. The van der Waals surface area contributed by atoms with E-state index < -0.39 is 17.6 Å². The van der Waals surface area contributed by atoms with Crippen LogP contribution in [0.1, 0.15) is 24.0 Å². The number of carbonyl (C=O) groups excluding carboxylic acids is 1. The van der Waals surface area contributed by atoms with Crippen molar-refractivity contribution in [3.8, 4) is 0 Å². The summed E-state index contributed by atoms with van der Waals surface area (Å²) >= 11 is 0.